The summed E-state index contributed by atoms with van der Waals surface area (Å²) in [5.74, 6) is 1.08. The molecule has 1 fully saturated rings. The van der Waals surface area contributed by atoms with Gasteiger partial charge in [-0.15, -0.1) is 0 Å². The van der Waals surface area contributed by atoms with E-state index in [1.165, 1.54) is 0 Å². The summed E-state index contributed by atoms with van der Waals surface area (Å²) in [6.45, 7) is 3.16. The van der Waals surface area contributed by atoms with Crippen LogP contribution in [0, 0.1) is 0 Å². The quantitative estimate of drug-likeness (QED) is 0.723. The van der Waals surface area contributed by atoms with Crippen LogP contribution in [-0.4, -0.2) is 30.5 Å². The van der Waals surface area contributed by atoms with Crippen LogP contribution in [0.25, 0.3) is 0 Å². The molecule has 2 heterocycles. The SMILES string of the molecule is Clc1cc(Cl)c2c(c1)N=C1CCOCCN1C2. The molecule has 5 heteroatoms. The Hall–Kier alpha value is -0.770. The van der Waals surface area contributed by atoms with E-state index in [9.17, 15) is 0 Å². The van der Waals surface area contributed by atoms with Gasteiger partial charge in [0.1, 0.15) is 5.84 Å². The molecule has 0 aromatic heterocycles. The summed E-state index contributed by atoms with van der Waals surface area (Å²) in [6, 6.07) is 3.65. The van der Waals surface area contributed by atoms with Gasteiger partial charge in [0.15, 0.2) is 0 Å². The molecular formula is C12H12Cl2N2O. The van der Waals surface area contributed by atoms with Crippen molar-refractivity contribution in [2.24, 2.45) is 4.99 Å². The molecular weight excluding hydrogens is 259 g/mol. The van der Waals surface area contributed by atoms with Crippen molar-refractivity contribution in [1.82, 2.24) is 4.90 Å². The summed E-state index contributed by atoms with van der Waals surface area (Å²) in [5.41, 5.74) is 1.96. The molecule has 3 nitrogen and oxygen atoms in total. The van der Waals surface area contributed by atoms with Crippen molar-refractivity contribution in [2.75, 3.05) is 19.8 Å². The summed E-state index contributed by atoms with van der Waals surface area (Å²) < 4.78 is 5.46. The van der Waals surface area contributed by atoms with Crippen molar-refractivity contribution in [1.29, 1.82) is 0 Å². The van der Waals surface area contributed by atoms with Crippen LogP contribution in [0.5, 0.6) is 0 Å². The van der Waals surface area contributed by atoms with Crippen molar-refractivity contribution in [2.45, 2.75) is 13.0 Å². The Morgan fingerprint density at radius 3 is 3.00 bits per heavy atom. The lowest BCUT2D eigenvalue weighted by Gasteiger charge is -2.29. The van der Waals surface area contributed by atoms with Gasteiger partial charge in [-0.2, -0.15) is 0 Å². The standard InChI is InChI=1S/C12H12Cl2N2O/c13-8-5-10(14)9-7-16-2-4-17-3-1-12(16)15-11(9)6-8/h5-6H,1-4,7H2. The van der Waals surface area contributed by atoms with E-state index in [1.807, 2.05) is 6.07 Å². The third-order valence-electron chi connectivity index (χ3n) is 3.08. The molecule has 0 N–H and O–H groups in total. The molecule has 17 heavy (non-hydrogen) atoms. The summed E-state index contributed by atoms with van der Waals surface area (Å²) in [7, 11) is 0. The fraction of sp³-hybridized carbons (Fsp3) is 0.417. The van der Waals surface area contributed by atoms with Gasteiger partial charge in [-0.3, -0.25) is 0 Å². The number of hydrogen-bond donors (Lipinski definition) is 0. The molecule has 90 valence electrons. The number of nitrogens with zero attached hydrogens (tertiary/aromatic N) is 2. The highest BCUT2D eigenvalue weighted by Gasteiger charge is 2.23. The minimum atomic E-state index is 0.636. The van der Waals surface area contributed by atoms with E-state index in [2.05, 4.69) is 9.89 Å². The Morgan fingerprint density at radius 1 is 1.24 bits per heavy atom. The lowest BCUT2D eigenvalue weighted by Crippen LogP contribution is -2.33. The summed E-state index contributed by atoms with van der Waals surface area (Å²) in [6.07, 6.45) is 0.851. The van der Waals surface area contributed by atoms with Crippen LogP contribution in [0.1, 0.15) is 12.0 Å². The van der Waals surface area contributed by atoms with Crippen LogP contribution in [0.3, 0.4) is 0 Å². The number of amidine groups is 1. The molecule has 0 atom stereocenters. The maximum Gasteiger partial charge on any atom is 0.107 e. The van der Waals surface area contributed by atoms with Crippen molar-refractivity contribution in [3.63, 3.8) is 0 Å². The first-order chi connectivity index (χ1) is 8.24. The molecule has 1 aromatic carbocycles. The van der Waals surface area contributed by atoms with Crippen molar-refractivity contribution >= 4 is 34.7 Å². The summed E-state index contributed by atoms with van der Waals surface area (Å²) in [5, 5.41) is 1.33. The molecule has 0 saturated carbocycles. The van der Waals surface area contributed by atoms with Gasteiger partial charge >= 0.3 is 0 Å². The molecule has 0 radical (unpaired) electrons. The maximum absolute atomic E-state index is 6.21. The second kappa shape index (κ2) is 4.48. The first-order valence-electron chi connectivity index (χ1n) is 5.62. The lowest BCUT2D eigenvalue weighted by atomic mass is 10.1. The van der Waals surface area contributed by atoms with Gasteiger partial charge in [0.05, 0.1) is 18.9 Å². The lowest BCUT2D eigenvalue weighted by molar-refractivity contribution is 0.141. The Labute approximate surface area is 110 Å². The molecule has 0 aliphatic carbocycles. The highest BCUT2D eigenvalue weighted by Crippen LogP contribution is 2.35. The highest BCUT2D eigenvalue weighted by molar-refractivity contribution is 6.35. The zero-order valence-electron chi connectivity index (χ0n) is 9.25. The van der Waals surface area contributed by atoms with Crippen molar-refractivity contribution < 1.29 is 4.74 Å². The van der Waals surface area contributed by atoms with Gasteiger partial charge in [-0.05, 0) is 12.1 Å². The van der Waals surface area contributed by atoms with Crippen LogP contribution in [0.2, 0.25) is 10.0 Å². The summed E-state index contributed by atoms with van der Waals surface area (Å²) in [4.78, 5) is 6.87. The topological polar surface area (TPSA) is 24.8 Å². The van der Waals surface area contributed by atoms with Crippen LogP contribution in [0.15, 0.2) is 17.1 Å². The molecule has 0 amide bonds. The fourth-order valence-corrected chi connectivity index (χ4v) is 2.74. The van der Waals surface area contributed by atoms with Crippen molar-refractivity contribution in [3.8, 4) is 0 Å². The fourth-order valence-electron chi connectivity index (χ4n) is 2.20. The van der Waals surface area contributed by atoms with Crippen LogP contribution in [-0.2, 0) is 11.3 Å². The average Bonchev–Trinajstić information content (AvgIpc) is 2.51. The Bertz CT molecular complexity index is 488. The van der Waals surface area contributed by atoms with E-state index >= 15 is 0 Å². The zero-order valence-corrected chi connectivity index (χ0v) is 10.8. The van der Waals surface area contributed by atoms with Crippen LogP contribution < -0.4 is 0 Å². The smallest absolute Gasteiger partial charge is 0.107 e. The van der Waals surface area contributed by atoms with Gasteiger partial charge in [-0.25, -0.2) is 4.99 Å². The molecule has 1 saturated heterocycles. The average molecular weight is 271 g/mol. The third-order valence-corrected chi connectivity index (χ3v) is 3.63. The van der Waals surface area contributed by atoms with Crippen molar-refractivity contribution in [3.05, 3.63) is 27.7 Å². The van der Waals surface area contributed by atoms with Gasteiger partial charge < -0.3 is 9.64 Å². The number of aliphatic imine (C=N–C) groups is 1. The molecule has 1 aromatic rings. The first-order valence-corrected chi connectivity index (χ1v) is 6.38. The molecule has 0 bridgehead atoms. The second-order valence-electron chi connectivity index (χ2n) is 4.20. The van der Waals surface area contributed by atoms with Gasteiger partial charge in [-0.1, -0.05) is 23.2 Å². The number of hydrogen-bond acceptors (Lipinski definition) is 3. The minimum absolute atomic E-state index is 0.636. The van der Waals surface area contributed by atoms with E-state index in [0.717, 1.165) is 49.8 Å². The zero-order chi connectivity index (χ0) is 11.8. The number of rotatable bonds is 0. The number of benzene rings is 1. The molecule has 3 rings (SSSR count). The maximum atomic E-state index is 6.21. The monoisotopic (exact) mass is 270 g/mol. The van der Waals surface area contributed by atoms with E-state index < -0.39 is 0 Å². The normalized spacial score (nSPS) is 19.2. The Morgan fingerprint density at radius 2 is 2.12 bits per heavy atom. The first kappa shape index (κ1) is 11.3. The van der Waals surface area contributed by atoms with E-state index in [1.54, 1.807) is 6.07 Å². The van der Waals surface area contributed by atoms with E-state index in [-0.39, 0.29) is 0 Å². The van der Waals surface area contributed by atoms with E-state index in [0.29, 0.717) is 10.0 Å². The van der Waals surface area contributed by atoms with E-state index in [4.69, 9.17) is 27.9 Å². The van der Waals surface area contributed by atoms with Gasteiger partial charge in [0, 0.05) is 35.1 Å². The van der Waals surface area contributed by atoms with Gasteiger partial charge in [0.2, 0.25) is 0 Å². The minimum Gasteiger partial charge on any atom is -0.379 e. The number of halogens is 2. The largest absolute Gasteiger partial charge is 0.379 e. The highest BCUT2D eigenvalue weighted by atomic mass is 35.5. The number of fused-ring (bicyclic) bond motifs is 2. The predicted molar refractivity (Wildman–Crippen MR) is 69.4 cm³/mol. The van der Waals surface area contributed by atoms with Crippen LogP contribution >= 0.6 is 23.2 Å². The van der Waals surface area contributed by atoms with Gasteiger partial charge in [0.25, 0.3) is 0 Å². The molecule has 2 aliphatic rings. The number of ether oxygens (including phenoxy) is 1. The molecule has 0 spiro atoms. The molecule has 2 aliphatic heterocycles. The Balaban J connectivity index is 2.05. The Kier molecular flexibility index (Phi) is 2.99. The predicted octanol–water partition coefficient (Wildman–Crippen LogP) is 3.26. The van der Waals surface area contributed by atoms with Crippen LogP contribution in [0.4, 0.5) is 5.69 Å². The third kappa shape index (κ3) is 2.15. The molecule has 0 unspecified atom stereocenters. The second-order valence-corrected chi connectivity index (χ2v) is 5.04. The summed E-state index contributed by atoms with van der Waals surface area (Å²) >= 11 is 12.2.